The Labute approximate surface area is 200 Å². The Morgan fingerprint density at radius 3 is 2.60 bits per heavy atom. The summed E-state index contributed by atoms with van der Waals surface area (Å²) in [7, 11) is 0. The number of hydrogen-bond donors (Lipinski definition) is 2. The Morgan fingerprint density at radius 2 is 1.91 bits per heavy atom. The molecule has 1 saturated heterocycles. The minimum atomic E-state index is -4.37. The van der Waals surface area contributed by atoms with E-state index in [4.69, 9.17) is 10.7 Å². The van der Waals surface area contributed by atoms with Crippen LogP contribution in [0.2, 0.25) is 0 Å². The number of hydrogen-bond acceptors (Lipinski definition) is 5. The highest BCUT2D eigenvalue weighted by Crippen LogP contribution is 2.32. The van der Waals surface area contributed by atoms with Crippen molar-refractivity contribution in [1.82, 2.24) is 19.9 Å². The number of anilines is 1. The number of aryl methyl sites for hydroxylation is 1. The number of benzene rings is 1. The summed E-state index contributed by atoms with van der Waals surface area (Å²) >= 11 is 0. The van der Waals surface area contributed by atoms with E-state index in [1.54, 1.807) is 11.8 Å². The predicted octanol–water partition coefficient (Wildman–Crippen LogP) is 3.96. The number of aromatic amines is 1. The first-order valence-corrected chi connectivity index (χ1v) is 11.4. The summed E-state index contributed by atoms with van der Waals surface area (Å²) in [6, 6.07) is 10.4. The SMILES string of the molecule is Cc1nc(N)[nH]c(=O)c1CCC(=O)N1CCCC1c1cccc(Cc2ccc(C(F)(F)F)cc2)n1. The maximum atomic E-state index is 13.0. The Hall–Kier alpha value is -3.69. The lowest BCUT2D eigenvalue weighted by Crippen LogP contribution is -2.32. The number of carbonyl (C=O) groups excluding carboxylic acids is 1. The van der Waals surface area contributed by atoms with Crippen molar-refractivity contribution in [2.75, 3.05) is 12.3 Å². The highest BCUT2D eigenvalue weighted by molar-refractivity contribution is 5.77. The van der Waals surface area contributed by atoms with Gasteiger partial charge >= 0.3 is 6.18 Å². The van der Waals surface area contributed by atoms with E-state index in [0.717, 1.165) is 41.9 Å². The third-order valence-corrected chi connectivity index (χ3v) is 6.24. The van der Waals surface area contributed by atoms with Crippen LogP contribution in [0.4, 0.5) is 19.1 Å². The molecule has 0 aliphatic carbocycles. The zero-order chi connectivity index (χ0) is 25.2. The molecule has 1 aliphatic rings. The van der Waals surface area contributed by atoms with Crippen LogP contribution >= 0.6 is 0 Å². The normalized spacial score (nSPS) is 16.0. The monoisotopic (exact) mass is 485 g/mol. The van der Waals surface area contributed by atoms with E-state index in [1.165, 1.54) is 12.1 Å². The van der Waals surface area contributed by atoms with E-state index in [1.807, 2.05) is 18.2 Å². The van der Waals surface area contributed by atoms with Gasteiger partial charge in [0.1, 0.15) is 0 Å². The number of nitrogens with two attached hydrogens (primary N) is 1. The first-order valence-electron chi connectivity index (χ1n) is 11.4. The van der Waals surface area contributed by atoms with Crippen molar-refractivity contribution in [3.05, 3.63) is 86.6 Å². The standard InChI is InChI=1S/C25H26F3N5O2/c1-15-19(23(35)32-24(29)30-15)11-12-22(34)33-13-3-6-21(33)20-5-2-4-18(31-20)14-16-7-9-17(10-8-16)25(26,27)28/h2,4-5,7-10,21H,3,6,11-14H2,1H3,(H3,29,30,32,35). The molecule has 1 fully saturated rings. The maximum Gasteiger partial charge on any atom is 0.416 e. The minimum absolute atomic E-state index is 0.0458. The smallest absolute Gasteiger partial charge is 0.369 e. The van der Waals surface area contributed by atoms with Gasteiger partial charge in [0.15, 0.2) is 0 Å². The van der Waals surface area contributed by atoms with Gasteiger partial charge in [-0.05, 0) is 56.0 Å². The molecule has 1 aliphatic heterocycles. The van der Waals surface area contributed by atoms with E-state index in [-0.39, 0.29) is 36.3 Å². The average Bonchev–Trinajstić information content (AvgIpc) is 3.28. The molecule has 1 aromatic carbocycles. The van der Waals surface area contributed by atoms with Gasteiger partial charge < -0.3 is 10.6 Å². The number of H-pyrrole nitrogens is 1. The van der Waals surface area contributed by atoms with Gasteiger partial charge in [-0.1, -0.05) is 18.2 Å². The second-order valence-electron chi connectivity index (χ2n) is 8.69. The molecule has 0 spiro atoms. The van der Waals surface area contributed by atoms with Gasteiger partial charge in [0.25, 0.3) is 5.56 Å². The average molecular weight is 486 g/mol. The third-order valence-electron chi connectivity index (χ3n) is 6.24. The first-order chi connectivity index (χ1) is 16.6. The molecule has 10 heteroatoms. The lowest BCUT2D eigenvalue weighted by molar-refractivity contribution is -0.137. The summed E-state index contributed by atoms with van der Waals surface area (Å²) < 4.78 is 38.4. The highest BCUT2D eigenvalue weighted by atomic mass is 19.4. The maximum absolute atomic E-state index is 13.0. The zero-order valence-electron chi connectivity index (χ0n) is 19.2. The second kappa shape index (κ2) is 9.89. The fourth-order valence-electron chi connectivity index (χ4n) is 4.48. The summed E-state index contributed by atoms with van der Waals surface area (Å²) in [6.45, 7) is 2.29. The largest absolute Gasteiger partial charge is 0.416 e. The fraction of sp³-hybridized carbons (Fsp3) is 0.360. The van der Waals surface area contributed by atoms with E-state index in [9.17, 15) is 22.8 Å². The third kappa shape index (κ3) is 5.70. The number of amides is 1. The minimum Gasteiger partial charge on any atom is -0.369 e. The molecule has 3 heterocycles. The first kappa shape index (κ1) is 24.4. The summed E-state index contributed by atoms with van der Waals surface area (Å²) in [5.74, 6) is -0.0255. The fourth-order valence-corrected chi connectivity index (χ4v) is 4.48. The molecule has 3 N–H and O–H groups in total. The summed E-state index contributed by atoms with van der Waals surface area (Å²) in [4.78, 5) is 38.2. The van der Waals surface area contributed by atoms with Crippen LogP contribution < -0.4 is 11.3 Å². The molecule has 0 radical (unpaired) electrons. The van der Waals surface area contributed by atoms with E-state index in [0.29, 0.717) is 24.2 Å². The molecule has 3 aromatic rings. The van der Waals surface area contributed by atoms with Gasteiger partial charge in [-0.15, -0.1) is 0 Å². The molecule has 2 aromatic heterocycles. The Bertz CT molecular complexity index is 1270. The van der Waals surface area contributed by atoms with Crippen molar-refractivity contribution in [2.45, 2.75) is 51.2 Å². The molecular weight excluding hydrogens is 459 g/mol. The lowest BCUT2D eigenvalue weighted by Gasteiger charge is -2.25. The van der Waals surface area contributed by atoms with Crippen LogP contribution in [0, 0.1) is 6.92 Å². The van der Waals surface area contributed by atoms with Gasteiger partial charge in [0, 0.05) is 36.3 Å². The molecular formula is C25H26F3N5O2. The van der Waals surface area contributed by atoms with Gasteiger partial charge in [-0.3, -0.25) is 19.6 Å². The number of nitrogens with one attached hydrogen (secondary N) is 1. The van der Waals surface area contributed by atoms with Crippen LogP contribution in [0.3, 0.4) is 0 Å². The van der Waals surface area contributed by atoms with Crippen molar-refractivity contribution >= 4 is 11.9 Å². The number of nitrogen functional groups attached to an aromatic ring is 1. The second-order valence-corrected chi connectivity index (χ2v) is 8.69. The zero-order valence-corrected chi connectivity index (χ0v) is 19.2. The van der Waals surface area contributed by atoms with Gasteiger partial charge in [-0.25, -0.2) is 4.98 Å². The number of halogens is 3. The molecule has 1 atom stereocenters. The van der Waals surface area contributed by atoms with E-state index in [2.05, 4.69) is 9.97 Å². The van der Waals surface area contributed by atoms with Crippen molar-refractivity contribution in [3.63, 3.8) is 0 Å². The number of carbonyl (C=O) groups is 1. The molecule has 35 heavy (non-hydrogen) atoms. The number of aromatic nitrogens is 3. The Balaban J connectivity index is 1.44. The van der Waals surface area contributed by atoms with Gasteiger partial charge in [0.05, 0.1) is 17.3 Å². The summed E-state index contributed by atoms with van der Waals surface area (Å²) in [5, 5.41) is 0. The van der Waals surface area contributed by atoms with Crippen molar-refractivity contribution in [3.8, 4) is 0 Å². The molecule has 0 saturated carbocycles. The number of nitrogens with zero attached hydrogens (tertiary/aromatic N) is 3. The van der Waals surface area contributed by atoms with Gasteiger partial charge in [0.2, 0.25) is 11.9 Å². The quantitative estimate of drug-likeness (QED) is 0.550. The summed E-state index contributed by atoms with van der Waals surface area (Å²) in [5.41, 5.74) is 7.68. The Morgan fingerprint density at radius 1 is 1.17 bits per heavy atom. The molecule has 7 nitrogen and oxygen atoms in total. The van der Waals surface area contributed by atoms with Crippen molar-refractivity contribution < 1.29 is 18.0 Å². The van der Waals surface area contributed by atoms with Crippen LogP contribution in [0.1, 0.15) is 59.1 Å². The van der Waals surface area contributed by atoms with E-state index < -0.39 is 11.7 Å². The Kier molecular flexibility index (Phi) is 6.90. The van der Waals surface area contributed by atoms with Crippen LogP contribution in [0.25, 0.3) is 0 Å². The van der Waals surface area contributed by atoms with Crippen LogP contribution in [-0.4, -0.2) is 32.3 Å². The van der Waals surface area contributed by atoms with Crippen LogP contribution in [0.15, 0.2) is 47.3 Å². The highest BCUT2D eigenvalue weighted by Gasteiger charge is 2.31. The van der Waals surface area contributed by atoms with E-state index >= 15 is 0 Å². The number of likely N-dealkylation sites (tertiary alicyclic amines) is 1. The molecule has 4 rings (SSSR count). The van der Waals surface area contributed by atoms with Crippen LogP contribution in [0.5, 0.6) is 0 Å². The van der Waals surface area contributed by atoms with Crippen molar-refractivity contribution in [1.29, 1.82) is 0 Å². The number of pyridine rings is 1. The number of alkyl halides is 3. The predicted molar refractivity (Wildman–Crippen MR) is 125 cm³/mol. The lowest BCUT2D eigenvalue weighted by atomic mass is 10.0. The topological polar surface area (TPSA) is 105 Å². The molecule has 0 bridgehead atoms. The van der Waals surface area contributed by atoms with Crippen LogP contribution in [-0.2, 0) is 23.8 Å². The summed E-state index contributed by atoms with van der Waals surface area (Å²) in [6.07, 6.45) is -1.95. The molecule has 184 valence electrons. The molecule has 1 unspecified atom stereocenters. The van der Waals surface area contributed by atoms with Gasteiger partial charge in [-0.2, -0.15) is 13.2 Å². The van der Waals surface area contributed by atoms with Crippen molar-refractivity contribution in [2.24, 2.45) is 0 Å². The number of rotatable bonds is 6. The molecule has 1 amide bonds.